The molecule has 0 radical (unpaired) electrons. The summed E-state index contributed by atoms with van der Waals surface area (Å²) in [5.41, 5.74) is -0.0489. The van der Waals surface area contributed by atoms with E-state index >= 15 is 0 Å². The normalized spacial score (nSPS) is 16.1. The van der Waals surface area contributed by atoms with Gasteiger partial charge in [0.25, 0.3) is 5.91 Å². The molecule has 1 fully saturated rings. The number of hydrogen-bond donors (Lipinski definition) is 1. The van der Waals surface area contributed by atoms with E-state index in [1.54, 1.807) is 0 Å². The topological polar surface area (TPSA) is 29.1 Å². The zero-order valence-corrected chi connectivity index (χ0v) is 10.3. The number of carbonyl (C=O) groups is 1. The summed E-state index contributed by atoms with van der Waals surface area (Å²) in [5.74, 6) is -0.453. The minimum atomic E-state index is -0.568. The molecule has 92 valence electrons. The smallest absolute Gasteiger partial charge is 0.255 e. The van der Waals surface area contributed by atoms with E-state index in [2.05, 4.69) is 5.32 Å². The van der Waals surface area contributed by atoms with Crippen LogP contribution in [0.3, 0.4) is 0 Å². The second-order valence-corrected chi connectivity index (χ2v) is 4.86. The lowest BCUT2D eigenvalue weighted by atomic mass is 10.1. The van der Waals surface area contributed by atoms with Crippen molar-refractivity contribution >= 4 is 17.5 Å². The first-order chi connectivity index (χ1) is 8.18. The van der Waals surface area contributed by atoms with Gasteiger partial charge in [-0.1, -0.05) is 30.5 Å². The van der Waals surface area contributed by atoms with Crippen LogP contribution in [0.25, 0.3) is 0 Å². The lowest BCUT2D eigenvalue weighted by Gasteiger charge is -2.11. The van der Waals surface area contributed by atoms with Crippen LogP contribution in [0.4, 0.5) is 4.39 Å². The van der Waals surface area contributed by atoms with Gasteiger partial charge >= 0.3 is 0 Å². The monoisotopic (exact) mass is 255 g/mol. The Kier molecular flexibility index (Phi) is 4.00. The largest absolute Gasteiger partial charge is 0.352 e. The molecule has 0 spiro atoms. The van der Waals surface area contributed by atoms with Crippen LogP contribution in [-0.2, 0) is 0 Å². The number of carbonyl (C=O) groups excluding carboxylic acids is 1. The van der Waals surface area contributed by atoms with E-state index in [0.717, 1.165) is 12.8 Å². The van der Waals surface area contributed by atoms with Crippen LogP contribution in [0.5, 0.6) is 0 Å². The summed E-state index contributed by atoms with van der Waals surface area (Å²) >= 11 is 5.82. The second kappa shape index (κ2) is 5.50. The Labute approximate surface area is 105 Å². The van der Waals surface area contributed by atoms with Crippen molar-refractivity contribution in [1.82, 2.24) is 5.32 Å². The zero-order chi connectivity index (χ0) is 12.3. The molecule has 4 heteroatoms. The van der Waals surface area contributed by atoms with Crippen molar-refractivity contribution in [3.63, 3.8) is 0 Å². The first-order valence-corrected chi connectivity index (χ1v) is 6.28. The molecule has 1 aromatic rings. The summed E-state index contributed by atoms with van der Waals surface area (Å²) < 4.78 is 13.5. The Morgan fingerprint density at radius 2 is 2.12 bits per heavy atom. The van der Waals surface area contributed by atoms with Crippen LogP contribution in [-0.4, -0.2) is 12.5 Å². The Morgan fingerprint density at radius 1 is 1.41 bits per heavy atom. The standard InChI is InChI=1S/C13H15ClFNO/c14-10-6-3-7-11(15)12(10)13(17)16-8-9-4-1-2-5-9/h3,6-7,9H,1-2,4-5,8H2,(H,16,17). The molecule has 0 atom stereocenters. The zero-order valence-electron chi connectivity index (χ0n) is 9.51. The highest BCUT2D eigenvalue weighted by Gasteiger charge is 2.19. The fraction of sp³-hybridized carbons (Fsp3) is 0.462. The van der Waals surface area contributed by atoms with E-state index in [1.807, 2.05) is 0 Å². The van der Waals surface area contributed by atoms with Crippen molar-refractivity contribution in [3.05, 3.63) is 34.6 Å². The van der Waals surface area contributed by atoms with Gasteiger partial charge in [0.1, 0.15) is 5.82 Å². The minimum Gasteiger partial charge on any atom is -0.352 e. The third-order valence-electron chi connectivity index (χ3n) is 3.22. The molecular weight excluding hydrogens is 241 g/mol. The van der Waals surface area contributed by atoms with Gasteiger partial charge in [0.2, 0.25) is 0 Å². The lowest BCUT2D eigenvalue weighted by Crippen LogP contribution is -2.29. The highest BCUT2D eigenvalue weighted by molar-refractivity contribution is 6.33. The molecule has 2 nitrogen and oxygen atoms in total. The fourth-order valence-electron chi connectivity index (χ4n) is 2.25. The molecule has 1 aliphatic rings. The summed E-state index contributed by atoms with van der Waals surface area (Å²) in [7, 11) is 0. The van der Waals surface area contributed by atoms with Crippen LogP contribution < -0.4 is 5.32 Å². The van der Waals surface area contributed by atoms with Gasteiger partial charge in [-0.3, -0.25) is 4.79 Å². The van der Waals surface area contributed by atoms with Crippen molar-refractivity contribution in [2.24, 2.45) is 5.92 Å². The van der Waals surface area contributed by atoms with Gasteiger partial charge in [-0.25, -0.2) is 4.39 Å². The Bertz CT molecular complexity index is 396. The summed E-state index contributed by atoms with van der Waals surface area (Å²) in [6.07, 6.45) is 4.73. The molecule has 2 rings (SSSR count). The third-order valence-corrected chi connectivity index (χ3v) is 3.53. The molecule has 1 saturated carbocycles. The highest BCUT2D eigenvalue weighted by atomic mass is 35.5. The molecule has 17 heavy (non-hydrogen) atoms. The Morgan fingerprint density at radius 3 is 2.76 bits per heavy atom. The maximum absolute atomic E-state index is 13.5. The maximum atomic E-state index is 13.5. The fourth-order valence-corrected chi connectivity index (χ4v) is 2.50. The first kappa shape index (κ1) is 12.4. The molecular formula is C13H15ClFNO. The van der Waals surface area contributed by atoms with E-state index in [4.69, 9.17) is 11.6 Å². The van der Waals surface area contributed by atoms with Gasteiger partial charge < -0.3 is 5.32 Å². The van der Waals surface area contributed by atoms with Gasteiger partial charge in [-0.15, -0.1) is 0 Å². The molecule has 0 unspecified atom stereocenters. The van der Waals surface area contributed by atoms with E-state index in [0.29, 0.717) is 12.5 Å². The van der Waals surface area contributed by atoms with Crippen molar-refractivity contribution in [1.29, 1.82) is 0 Å². The van der Waals surface area contributed by atoms with Crippen molar-refractivity contribution in [2.75, 3.05) is 6.54 Å². The van der Waals surface area contributed by atoms with Crippen molar-refractivity contribution < 1.29 is 9.18 Å². The quantitative estimate of drug-likeness (QED) is 0.881. The second-order valence-electron chi connectivity index (χ2n) is 4.46. The third kappa shape index (κ3) is 2.97. The van der Waals surface area contributed by atoms with E-state index in [-0.39, 0.29) is 10.6 Å². The van der Waals surface area contributed by atoms with Crippen LogP contribution in [0.1, 0.15) is 36.0 Å². The number of rotatable bonds is 3. The van der Waals surface area contributed by atoms with E-state index in [9.17, 15) is 9.18 Å². The van der Waals surface area contributed by atoms with Crippen LogP contribution in [0.15, 0.2) is 18.2 Å². The number of benzene rings is 1. The summed E-state index contributed by atoms with van der Waals surface area (Å²) in [6.45, 7) is 0.615. The molecule has 1 N–H and O–H groups in total. The molecule has 1 aromatic carbocycles. The molecule has 0 bridgehead atoms. The predicted octanol–water partition coefficient (Wildman–Crippen LogP) is 3.40. The minimum absolute atomic E-state index is 0.0489. The van der Waals surface area contributed by atoms with Crippen LogP contribution >= 0.6 is 11.6 Å². The predicted molar refractivity (Wildman–Crippen MR) is 65.7 cm³/mol. The molecule has 0 aliphatic heterocycles. The SMILES string of the molecule is O=C(NCC1CCCC1)c1c(F)cccc1Cl. The first-order valence-electron chi connectivity index (χ1n) is 5.90. The van der Waals surface area contributed by atoms with Crippen molar-refractivity contribution in [3.8, 4) is 0 Å². The van der Waals surface area contributed by atoms with Crippen LogP contribution in [0.2, 0.25) is 5.02 Å². The van der Waals surface area contributed by atoms with Crippen LogP contribution in [0, 0.1) is 11.7 Å². The molecule has 0 heterocycles. The van der Waals surface area contributed by atoms with Gasteiger partial charge in [0, 0.05) is 6.54 Å². The van der Waals surface area contributed by atoms with Gasteiger partial charge in [-0.2, -0.15) is 0 Å². The maximum Gasteiger partial charge on any atom is 0.255 e. The Hall–Kier alpha value is -1.09. The number of amides is 1. The summed E-state index contributed by atoms with van der Waals surface area (Å²) in [5, 5.41) is 2.92. The van der Waals surface area contributed by atoms with Gasteiger partial charge in [0.15, 0.2) is 0 Å². The Balaban J connectivity index is 1.99. The average molecular weight is 256 g/mol. The summed E-state index contributed by atoms with van der Waals surface area (Å²) in [4.78, 5) is 11.8. The van der Waals surface area contributed by atoms with Gasteiger partial charge in [0.05, 0.1) is 10.6 Å². The van der Waals surface area contributed by atoms with Crippen molar-refractivity contribution in [2.45, 2.75) is 25.7 Å². The van der Waals surface area contributed by atoms with E-state index < -0.39 is 11.7 Å². The number of nitrogens with one attached hydrogen (secondary N) is 1. The highest BCUT2D eigenvalue weighted by Crippen LogP contribution is 2.24. The molecule has 1 aliphatic carbocycles. The summed E-state index contributed by atoms with van der Waals surface area (Å²) in [6, 6.07) is 4.26. The van der Waals surface area contributed by atoms with E-state index in [1.165, 1.54) is 31.0 Å². The lowest BCUT2D eigenvalue weighted by molar-refractivity contribution is 0.0943. The van der Waals surface area contributed by atoms with Gasteiger partial charge in [-0.05, 0) is 30.9 Å². The molecule has 1 amide bonds. The number of halogens is 2. The number of hydrogen-bond acceptors (Lipinski definition) is 1. The molecule has 0 saturated heterocycles. The average Bonchev–Trinajstić information content (AvgIpc) is 2.79. The molecule has 0 aromatic heterocycles.